The second kappa shape index (κ2) is 8.68. The summed E-state index contributed by atoms with van der Waals surface area (Å²) in [5.74, 6) is -0.944. The van der Waals surface area contributed by atoms with Crippen LogP contribution in [0.5, 0.6) is 11.5 Å². The highest BCUT2D eigenvalue weighted by atomic mass is 16.5. The van der Waals surface area contributed by atoms with Gasteiger partial charge in [0.1, 0.15) is 5.75 Å². The van der Waals surface area contributed by atoms with Gasteiger partial charge in [0.15, 0.2) is 22.9 Å². The number of aliphatic hydroxyl groups is 1. The van der Waals surface area contributed by atoms with Crippen LogP contribution in [0.3, 0.4) is 0 Å². The summed E-state index contributed by atoms with van der Waals surface area (Å²) in [5, 5.41) is 11.7. The molecule has 1 aliphatic heterocycles. The molecule has 1 aliphatic rings. The topological polar surface area (TPSA) is 89.2 Å². The summed E-state index contributed by atoms with van der Waals surface area (Å²) in [6.07, 6.45) is 0. The maximum atomic E-state index is 13.8. The number of Topliss-reactive ketones (excluding diaryl/α,β-unsaturated/α-hetero) is 1. The SMILES string of the molecule is COc1ccccc1C1C(C(=O)c2cc3cccc(OC)c3o2)=C(O)C(=O)N1c1ccccc1C. The molecule has 1 amide bonds. The quantitative estimate of drug-likeness (QED) is 0.373. The molecule has 7 heteroatoms. The number of carbonyl (C=O) groups is 2. The summed E-state index contributed by atoms with van der Waals surface area (Å²) in [5.41, 5.74) is 2.28. The van der Waals surface area contributed by atoms with Crippen LogP contribution in [0.25, 0.3) is 11.0 Å². The van der Waals surface area contributed by atoms with Crippen LogP contribution in [-0.2, 0) is 4.79 Å². The fourth-order valence-electron chi connectivity index (χ4n) is 4.55. The number of hydrogen-bond acceptors (Lipinski definition) is 6. The lowest BCUT2D eigenvalue weighted by molar-refractivity contribution is -0.117. The van der Waals surface area contributed by atoms with Crippen LogP contribution in [0.4, 0.5) is 5.69 Å². The average molecular weight is 469 g/mol. The fraction of sp³-hybridized carbons (Fsp3) is 0.143. The highest BCUT2D eigenvalue weighted by Gasteiger charge is 2.46. The number of nitrogens with zero attached hydrogens (tertiary/aromatic N) is 1. The minimum atomic E-state index is -0.928. The lowest BCUT2D eigenvalue weighted by Gasteiger charge is -2.29. The van der Waals surface area contributed by atoms with Crippen LogP contribution in [0.15, 0.2) is 88.5 Å². The van der Waals surface area contributed by atoms with Gasteiger partial charge in [-0.05, 0) is 36.8 Å². The van der Waals surface area contributed by atoms with Crippen molar-refractivity contribution in [3.63, 3.8) is 0 Å². The zero-order chi connectivity index (χ0) is 24.7. The minimum Gasteiger partial charge on any atom is -0.503 e. The molecule has 1 aromatic heterocycles. The molecule has 0 saturated heterocycles. The molecule has 1 unspecified atom stereocenters. The number of benzene rings is 3. The molecule has 0 saturated carbocycles. The normalized spacial score (nSPS) is 15.7. The van der Waals surface area contributed by atoms with Crippen molar-refractivity contribution >= 4 is 28.3 Å². The minimum absolute atomic E-state index is 0.00891. The van der Waals surface area contributed by atoms with Crippen molar-refractivity contribution < 1.29 is 28.6 Å². The van der Waals surface area contributed by atoms with E-state index in [9.17, 15) is 14.7 Å². The highest BCUT2D eigenvalue weighted by Crippen LogP contribution is 2.45. The lowest BCUT2D eigenvalue weighted by Crippen LogP contribution is -2.31. The van der Waals surface area contributed by atoms with E-state index in [1.165, 1.54) is 19.1 Å². The van der Waals surface area contributed by atoms with Gasteiger partial charge in [-0.3, -0.25) is 14.5 Å². The van der Waals surface area contributed by atoms with Crippen LogP contribution >= 0.6 is 0 Å². The molecule has 0 spiro atoms. The van der Waals surface area contributed by atoms with Gasteiger partial charge in [-0.25, -0.2) is 0 Å². The van der Waals surface area contributed by atoms with Gasteiger partial charge < -0.3 is 19.0 Å². The Kier molecular flexibility index (Phi) is 5.53. The Bertz CT molecular complexity index is 1500. The zero-order valence-corrected chi connectivity index (χ0v) is 19.4. The first-order chi connectivity index (χ1) is 17.0. The lowest BCUT2D eigenvalue weighted by atomic mass is 9.93. The summed E-state index contributed by atoms with van der Waals surface area (Å²) >= 11 is 0. The first kappa shape index (κ1) is 22.3. The summed E-state index contributed by atoms with van der Waals surface area (Å²) in [6.45, 7) is 1.87. The maximum absolute atomic E-state index is 13.8. The van der Waals surface area contributed by atoms with Crippen molar-refractivity contribution in [2.75, 3.05) is 19.1 Å². The Hall–Kier alpha value is -4.52. The maximum Gasteiger partial charge on any atom is 0.294 e. The van der Waals surface area contributed by atoms with Crippen LogP contribution in [0, 0.1) is 6.92 Å². The van der Waals surface area contributed by atoms with E-state index in [1.807, 2.05) is 19.1 Å². The van der Waals surface area contributed by atoms with E-state index in [4.69, 9.17) is 13.9 Å². The Balaban J connectivity index is 1.71. The largest absolute Gasteiger partial charge is 0.503 e. The zero-order valence-electron chi connectivity index (χ0n) is 19.4. The molecule has 5 rings (SSSR count). The highest BCUT2D eigenvalue weighted by molar-refractivity contribution is 6.21. The molecule has 0 radical (unpaired) electrons. The molecule has 1 N–H and O–H groups in total. The summed E-state index contributed by atoms with van der Waals surface area (Å²) in [6, 6.07) is 20.4. The second-order valence-electron chi connectivity index (χ2n) is 8.19. The molecule has 2 heterocycles. The Morgan fingerprint density at radius 3 is 2.37 bits per heavy atom. The van der Waals surface area contributed by atoms with E-state index in [-0.39, 0.29) is 11.3 Å². The number of fused-ring (bicyclic) bond motifs is 1. The van der Waals surface area contributed by atoms with E-state index in [0.717, 1.165) is 5.56 Å². The van der Waals surface area contributed by atoms with Crippen molar-refractivity contribution in [1.82, 2.24) is 0 Å². The third-order valence-electron chi connectivity index (χ3n) is 6.21. The number of aliphatic hydroxyl groups excluding tert-OH is 1. The number of methoxy groups -OCH3 is 2. The number of rotatable bonds is 6. The van der Waals surface area contributed by atoms with Crippen molar-refractivity contribution in [3.05, 3.63) is 101 Å². The summed E-state index contributed by atoms with van der Waals surface area (Å²) in [7, 11) is 3.03. The molecular weight excluding hydrogens is 446 g/mol. The number of hydrogen-bond donors (Lipinski definition) is 1. The van der Waals surface area contributed by atoms with Crippen molar-refractivity contribution in [2.24, 2.45) is 0 Å². The van der Waals surface area contributed by atoms with Crippen molar-refractivity contribution in [3.8, 4) is 11.5 Å². The summed E-state index contributed by atoms with van der Waals surface area (Å²) in [4.78, 5) is 28.7. The average Bonchev–Trinajstić information content (AvgIpc) is 3.43. The number of para-hydroxylation sites is 3. The standard InChI is InChI=1S/C28H23NO6/c1-16-9-4-6-12-19(16)29-24(18-11-5-7-13-20(18)33-2)23(26(31)28(29)32)25(30)22-15-17-10-8-14-21(34-3)27(17)35-22/h4-15,24,31H,1-3H3. The molecule has 0 aliphatic carbocycles. The Morgan fingerprint density at radius 1 is 0.943 bits per heavy atom. The van der Waals surface area contributed by atoms with E-state index < -0.39 is 23.5 Å². The van der Waals surface area contributed by atoms with Crippen LogP contribution in [0.2, 0.25) is 0 Å². The molecule has 7 nitrogen and oxygen atoms in total. The van der Waals surface area contributed by atoms with Gasteiger partial charge in [-0.2, -0.15) is 0 Å². The third-order valence-corrected chi connectivity index (χ3v) is 6.21. The van der Waals surface area contributed by atoms with Crippen LogP contribution in [-0.4, -0.2) is 31.0 Å². The van der Waals surface area contributed by atoms with Gasteiger partial charge in [-0.1, -0.05) is 48.5 Å². The third kappa shape index (κ3) is 3.52. The first-order valence-corrected chi connectivity index (χ1v) is 11.0. The van der Waals surface area contributed by atoms with Gasteiger partial charge in [0.05, 0.1) is 25.8 Å². The van der Waals surface area contributed by atoms with Crippen LogP contribution in [0.1, 0.15) is 27.7 Å². The van der Waals surface area contributed by atoms with E-state index >= 15 is 0 Å². The number of carbonyl (C=O) groups excluding carboxylic acids is 2. The van der Waals surface area contributed by atoms with Gasteiger partial charge >= 0.3 is 0 Å². The first-order valence-electron chi connectivity index (χ1n) is 11.0. The number of amides is 1. The van der Waals surface area contributed by atoms with Gasteiger partial charge in [0.2, 0.25) is 5.78 Å². The number of anilines is 1. The Labute approximate surface area is 201 Å². The number of ketones is 1. The van der Waals surface area contributed by atoms with E-state index in [0.29, 0.717) is 33.7 Å². The monoisotopic (exact) mass is 469 g/mol. The smallest absolute Gasteiger partial charge is 0.294 e. The number of aryl methyl sites for hydroxylation is 1. The van der Waals surface area contributed by atoms with Gasteiger partial charge in [0.25, 0.3) is 5.91 Å². The van der Waals surface area contributed by atoms with E-state index in [1.54, 1.807) is 60.7 Å². The molecule has 0 bridgehead atoms. The number of furan rings is 1. The predicted octanol–water partition coefficient (Wildman–Crippen LogP) is 5.54. The molecule has 4 aromatic rings. The van der Waals surface area contributed by atoms with Gasteiger partial charge in [0, 0.05) is 16.6 Å². The molecule has 3 aromatic carbocycles. The molecule has 0 fully saturated rings. The van der Waals surface area contributed by atoms with Crippen molar-refractivity contribution in [1.29, 1.82) is 0 Å². The molecule has 1 atom stereocenters. The summed E-state index contributed by atoms with van der Waals surface area (Å²) < 4.78 is 16.8. The second-order valence-corrected chi connectivity index (χ2v) is 8.19. The van der Waals surface area contributed by atoms with Crippen LogP contribution < -0.4 is 14.4 Å². The van der Waals surface area contributed by atoms with Gasteiger partial charge in [-0.15, -0.1) is 0 Å². The Morgan fingerprint density at radius 2 is 1.63 bits per heavy atom. The molecule has 35 heavy (non-hydrogen) atoms. The molecular formula is C28H23NO6. The molecule has 176 valence electrons. The predicted molar refractivity (Wildman–Crippen MR) is 131 cm³/mol. The fourth-order valence-corrected chi connectivity index (χ4v) is 4.55. The van der Waals surface area contributed by atoms with E-state index in [2.05, 4.69) is 0 Å². The van der Waals surface area contributed by atoms with Crippen molar-refractivity contribution in [2.45, 2.75) is 13.0 Å². The number of ether oxygens (including phenoxy) is 2.